The molecule has 0 spiro atoms. The predicted molar refractivity (Wildman–Crippen MR) is 164 cm³/mol. The third-order valence-electron chi connectivity index (χ3n) is 8.64. The molecule has 3 N–H and O–H groups in total. The van der Waals surface area contributed by atoms with Gasteiger partial charge in [0.15, 0.2) is 35.4 Å². The van der Waals surface area contributed by atoms with Gasteiger partial charge in [0.25, 0.3) is 12.4 Å². The number of tetrazole rings is 1. The summed E-state index contributed by atoms with van der Waals surface area (Å²) < 4.78 is 13.0. The second-order valence-corrected chi connectivity index (χ2v) is 11.5. The number of rotatable bonds is 11. The lowest BCUT2D eigenvalue weighted by Gasteiger charge is -2.24. The van der Waals surface area contributed by atoms with Crippen LogP contribution in [0.4, 0.5) is 11.8 Å². The van der Waals surface area contributed by atoms with Crippen molar-refractivity contribution in [1.82, 2.24) is 39.7 Å². The molecule has 0 unspecified atom stereocenters. The van der Waals surface area contributed by atoms with Crippen molar-refractivity contribution in [3.8, 4) is 0 Å². The average molecular weight is 627 g/mol. The maximum absolute atomic E-state index is 11.4. The van der Waals surface area contributed by atoms with E-state index in [0.717, 1.165) is 41.9 Å². The quantitative estimate of drug-likeness (QED) is 0.144. The van der Waals surface area contributed by atoms with Crippen molar-refractivity contribution in [1.29, 1.82) is 0 Å². The monoisotopic (exact) mass is 626 g/mol. The Bertz CT molecular complexity index is 1740. The summed E-state index contributed by atoms with van der Waals surface area (Å²) in [7, 11) is 1.59. The van der Waals surface area contributed by atoms with Crippen LogP contribution in [0, 0.1) is 0 Å². The van der Waals surface area contributed by atoms with Crippen LogP contribution in [0.15, 0.2) is 67.0 Å². The molecule has 4 heterocycles. The lowest BCUT2D eigenvalue weighted by atomic mass is 9.91. The van der Waals surface area contributed by atoms with Crippen LogP contribution in [0.3, 0.4) is 0 Å². The Morgan fingerprint density at radius 3 is 2.41 bits per heavy atom. The van der Waals surface area contributed by atoms with Gasteiger partial charge in [0, 0.05) is 12.5 Å². The van der Waals surface area contributed by atoms with Crippen LogP contribution in [-0.4, -0.2) is 81.3 Å². The normalized spacial score (nSPS) is 21.7. The Balaban J connectivity index is 1.27. The summed E-state index contributed by atoms with van der Waals surface area (Å²) in [5.74, 6) is 0.640. The van der Waals surface area contributed by atoms with E-state index in [2.05, 4.69) is 50.0 Å². The number of aryl methyl sites for hydroxylation is 1. The highest BCUT2D eigenvalue weighted by Crippen LogP contribution is 2.41. The third kappa shape index (κ3) is 5.63. The van der Waals surface area contributed by atoms with Gasteiger partial charge < -0.3 is 19.9 Å². The summed E-state index contributed by atoms with van der Waals surface area (Å²) in [6, 6.07) is 20.2. The van der Waals surface area contributed by atoms with E-state index < -0.39 is 24.5 Å². The number of nitrogens with zero attached hydrogens (tertiary/aromatic N) is 9. The van der Waals surface area contributed by atoms with Crippen molar-refractivity contribution in [3.63, 3.8) is 0 Å². The van der Waals surface area contributed by atoms with E-state index in [4.69, 9.17) is 19.4 Å². The van der Waals surface area contributed by atoms with Gasteiger partial charge in [-0.3, -0.25) is 14.6 Å². The number of aliphatic hydroxyl groups is 1. The number of benzene rings is 2. The molecule has 4 atom stereocenters. The number of hydrogen-bond acceptors (Lipinski definition) is 13. The number of ether oxygens (including phenoxy) is 2. The zero-order chi connectivity index (χ0) is 31.6. The van der Waals surface area contributed by atoms with Crippen molar-refractivity contribution in [2.24, 2.45) is 7.05 Å². The topological polar surface area (TPSA) is 178 Å². The maximum atomic E-state index is 11.4. The lowest BCUT2D eigenvalue weighted by molar-refractivity contribution is -0.140. The van der Waals surface area contributed by atoms with Crippen LogP contribution in [0.5, 0.6) is 0 Å². The van der Waals surface area contributed by atoms with Gasteiger partial charge in [-0.05, 0) is 29.2 Å². The first-order chi connectivity index (χ1) is 22.5. The number of hydrogen-bond donors (Lipinski definition) is 3. The molecule has 1 aliphatic carbocycles. The first-order valence-corrected chi connectivity index (χ1v) is 15.2. The molecule has 1 saturated heterocycles. The zero-order valence-electron chi connectivity index (χ0n) is 25.1. The van der Waals surface area contributed by atoms with Gasteiger partial charge in [-0.2, -0.15) is 14.8 Å². The molecule has 15 heteroatoms. The lowest BCUT2D eigenvalue weighted by Crippen LogP contribution is -2.32. The predicted octanol–water partition coefficient (Wildman–Crippen LogP) is 2.90. The van der Waals surface area contributed by atoms with E-state index in [1.807, 2.05) is 36.4 Å². The van der Waals surface area contributed by atoms with E-state index in [0.29, 0.717) is 23.5 Å². The SMILES string of the molecule is Cn1nnc([C@H]2O[C@@H](n3cnc4c(NCC(c5ccccc5)c5ccccc5)nc(N(O)C5CCCC5)nc43)[C@H](O)[C@@H]2OC=O)n1. The van der Waals surface area contributed by atoms with Crippen LogP contribution in [-0.2, 0) is 21.3 Å². The van der Waals surface area contributed by atoms with Gasteiger partial charge in [0.1, 0.15) is 6.10 Å². The van der Waals surface area contributed by atoms with E-state index in [1.54, 1.807) is 11.6 Å². The first kappa shape index (κ1) is 29.7. The van der Waals surface area contributed by atoms with Crippen LogP contribution < -0.4 is 10.4 Å². The average Bonchev–Trinajstić information content (AvgIpc) is 3.90. The van der Waals surface area contributed by atoms with Crippen molar-refractivity contribution in [2.45, 2.75) is 62.2 Å². The molecule has 238 valence electrons. The Hall–Kier alpha value is -4.99. The van der Waals surface area contributed by atoms with Gasteiger partial charge >= 0.3 is 0 Å². The second kappa shape index (κ2) is 12.8. The van der Waals surface area contributed by atoms with E-state index >= 15 is 0 Å². The smallest absolute Gasteiger partial charge is 0.293 e. The highest BCUT2D eigenvalue weighted by atomic mass is 16.6. The fourth-order valence-electron chi connectivity index (χ4n) is 6.34. The summed E-state index contributed by atoms with van der Waals surface area (Å²) in [6.45, 7) is 0.720. The maximum Gasteiger partial charge on any atom is 0.293 e. The zero-order valence-corrected chi connectivity index (χ0v) is 25.1. The second-order valence-electron chi connectivity index (χ2n) is 11.5. The Labute approximate surface area is 263 Å². The minimum atomic E-state index is -1.33. The number of aromatic nitrogens is 8. The molecule has 0 radical (unpaired) electrons. The van der Waals surface area contributed by atoms with Gasteiger partial charge in [0.05, 0.1) is 19.4 Å². The Morgan fingerprint density at radius 2 is 1.78 bits per heavy atom. The molecule has 2 fully saturated rings. The number of anilines is 2. The summed E-state index contributed by atoms with van der Waals surface area (Å²) >= 11 is 0. The molecule has 7 rings (SSSR count). The number of fused-ring (bicyclic) bond motifs is 1. The first-order valence-electron chi connectivity index (χ1n) is 15.2. The molecule has 0 bridgehead atoms. The molecular formula is C31H34N10O5. The van der Waals surface area contributed by atoms with Gasteiger partial charge in [-0.1, -0.05) is 73.5 Å². The van der Waals surface area contributed by atoms with Crippen LogP contribution in [0.25, 0.3) is 11.2 Å². The summed E-state index contributed by atoms with van der Waals surface area (Å²) in [6.07, 6.45) is 0.579. The molecule has 2 aliphatic rings. The molecule has 1 aliphatic heterocycles. The summed E-state index contributed by atoms with van der Waals surface area (Å²) in [5.41, 5.74) is 2.97. The van der Waals surface area contributed by atoms with Crippen molar-refractivity contribution in [2.75, 3.05) is 16.9 Å². The van der Waals surface area contributed by atoms with Crippen molar-refractivity contribution in [3.05, 3.63) is 83.9 Å². The molecule has 46 heavy (non-hydrogen) atoms. The van der Waals surface area contributed by atoms with Gasteiger partial charge in [-0.25, -0.2) is 10.0 Å². The van der Waals surface area contributed by atoms with Crippen molar-refractivity contribution < 1.29 is 24.6 Å². The highest BCUT2D eigenvalue weighted by Gasteiger charge is 2.49. The van der Waals surface area contributed by atoms with Gasteiger partial charge in [-0.15, -0.1) is 10.2 Å². The van der Waals surface area contributed by atoms with Crippen LogP contribution in [0.1, 0.15) is 60.9 Å². The van der Waals surface area contributed by atoms with Crippen molar-refractivity contribution >= 4 is 29.4 Å². The van der Waals surface area contributed by atoms with E-state index in [-0.39, 0.29) is 30.2 Å². The molecule has 2 aromatic carbocycles. The molecule has 0 amide bonds. The highest BCUT2D eigenvalue weighted by molar-refractivity contribution is 5.84. The minimum absolute atomic E-state index is 0.0144. The van der Waals surface area contributed by atoms with Gasteiger partial charge in [0.2, 0.25) is 5.82 Å². The molecular weight excluding hydrogens is 592 g/mol. The minimum Gasteiger partial charge on any atom is -0.458 e. The molecule has 1 saturated carbocycles. The van der Waals surface area contributed by atoms with E-state index in [1.165, 1.54) is 11.1 Å². The molecule has 15 nitrogen and oxygen atoms in total. The standard InChI is InChI=1S/C31H34N10O5/c1-39-37-28(36-38-39)26-25(45-18-42)24(43)30(46-26)40-17-33-23-27(34-31(35-29(23)40)41(44)21-14-8-9-15-21)32-16-22(19-10-4-2-5-11-19)20-12-6-3-7-13-20/h2-7,10-13,17-18,21-22,24-26,30,43-44H,8-9,14-16H2,1H3,(H,32,34,35)/t24-,25+,26+,30-/m1/s1. The number of carbonyl (C=O) groups is 1. The fraction of sp³-hybridized carbons (Fsp3) is 0.387. The number of nitrogens with one attached hydrogen (secondary N) is 1. The number of imidazole rings is 1. The van der Waals surface area contributed by atoms with Crippen LogP contribution >= 0.6 is 0 Å². The molecule has 3 aromatic heterocycles. The molecule has 5 aromatic rings. The fourth-order valence-corrected chi connectivity index (χ4v) is 6.34. The number of carbonyl (C=O) groups excluding carboxylic acids is 1. The third-order valence-corrected chi connectivity index (χ3v) is 8.64. The number of aliphatic hydroxyl groups excluding tert-OH is 1. The number of hydroxylamine groups is 1. The Kier molecular flexibility index (Phi) is 8.26. The summed E-state index contributed by atoms with van der Waals surface area (Å²) in [4.78, 5) is 26.7. The van der Waals surface area contributed by atoms with Crippen LogP contribution in [0.2, 0.25) is 0 Å². The largest absolute Gasteiger partial charge is 0.458 e. The summed E-state index contributed by atoms with van der Waals surface area (Å²) in [5, 5.41) is 39.2. The Morgan fingerprint density at radius 1 is 1.09 bits per heavy atom. The van der Waals surface area contributed by atoms with E-state index in [9.17, 15) is 15.1 Å².